The van der Waals surface area contributed by atoms with Gasteiger partial charge >= 0.3 is 6.09 Å². The van der Waals surface area contributed by atoms with Crippen LogP contribution in [0.3, 0.4) is 0 Å². The highest BCUT2D eigenvalue weighted by Crippen LogP contribution is 2.29. The molecule has 1 aliphatic rings. The summed E-state index contributed by atoms with van der Waals surface area (Å²) in [5, 5.41) is 3.07. The molecule has 2 rings (SSSR count). The van der Waals surface area contributed by atoms with Crippen LogP contribution in [0.2, 0.25) is 0 Å². The SMILES string of the molecule is Cc1cc(F)c(C2CNCCN2C(=O)OC(C)(C)C)c(F)c1. The highest BCUT2D eigenvalue weighted by atomic mass is 19.1. The number of rotatable bonds is 1. The number of benzene rings is 1. The molecule has 1 aromatic rings. The largest absolute Gasteiger partial charge is 0.444 e. The summed E-state index contributed by atoms with van der Waals surface area (Å²) in [5.74, 6) is -1.28. The van der Waals surface area contributed by atoms with Crippen molar-refractivity contribution in [1.29, 1.82) is 0 Å². The van der Waals surface area contributed by atoms with Gasteiger partial charge in [-0.25, -0.2) is 13.6 Å². The minimum Gasteiger partial charge on any atom is -0.444 e. The van der Waals surface area contributed by atoms with Crippen LogP contribution in [-0.2, 0) is 4.74 Å². The summed E-state index contributed by atoms with van der Waals surface area (Å²) < 4.78 is 33.8. The molecule has 1 aromatic carbocycles. The Balaban J connectivity index is 2.33. The fourth-order valence-electron chi connectivity index (χ4n) is 2.53. The van der Waals surface area contributed by atoms with Crippen molar-refractivity contribution in [3.63, 3.8) is 0 Å². The van der Waals surface area contributed by atoms with E-state index in [4.69, 9.17) is 4.74 Å². The van der Waals surface area contributed by atoms with Gasteiger partial charge in [-0.05, 0) is 45.4 Å². The number of carbonyl (C=O) groups excluding carboxylic acids is 1. The van der Waals surface area contributed by atoms with Crippen LogP contribution in [0, 0.1) is 18.6 Å². The summed E-state index contributed by atoms with van der Waals surface area (Å²) in [4.78, 5) is 13.7. The Morgan fingerprint density at radius 1 is 1.32 bits per heavy atom. The van der Waals surface area contributed by atoms with Gasteiger partial charge in [0.1, 0.15) is 17.2 Å². The zero-order chi connectivity index (χ0) is 16.5. The molecule has 1 heterocycles. The minimum absolute atomic E-state index is 0.0938. The summed E-state index contributed by atoms with van der Waals surface area (Å²) in [6.07, 6.45) is -0.557. The average molecular weight is 312 g/mol. The molecule has 1 N–H and O–H groups in total. The normalized spacial score (nSPS) is 19.2. The Bertz CT molecular complexity index is 547. The lowest BCUT2D eigenvalue weighted by molar-refractivity contribution is 0.0111. The number of nitrogens with one attached hydrogen (secondary N) is 1. The van der Waals surface area contributed by atoms with Gasteiger partial charge in [-0.3, -0.25) is 4.90 Å². The van der Waals surface area contributed by atoms with Gasteiger partial charge < -0.3 is 10.1 Å². The predicted octanol–water partition coefficient (Wildman–Crippen LogP) is 3.15. The molecule has 0 saturated carbocycles. The molecular formula is C16H22F2N2O2. The van der Waals surface area contributed by atoms with E-state index < -0.39 is 29.4 Å². The van der Waals surface area contributed by atoms with Gasteiger partial charge in [0.05, 0.1) is 6.04 Å². The molecule has 0 bridgehead atoms. The first-order chi connectivity index (χ1) is 10.2. The zero-order valence-electron chi connectivity index (χ0n) is 13.4. The van der Waals surface area contributed by atoms with Gasteiger partial charge in [-0.2, -0.15) is 0 Å². The first kappa shape index (κ1) is 16.7. The standard InChI is InChI=1S/C16H22F2N2O2/c1-10-7-11(17)14(12(18)8-10)13-9-19-5-6-20(13)15(21)22-16(2,3)4/h7-8,13,19H,5-6,9H2,1-4H3. The van der Waals surface area contributed by atoms with E-state index >= 15 is 0 Å². The van der Waals surface area contributed by atoms with E-state index in [0.717, 1.165) is 0 Å². The minimum atomic E-state index is -0.718. The zero-order valence-corrected chi connectivity index (χ0v) is 13.4. The van der Waals surface area contributed by atoms with Crippen molar-refractivity contribution in [2.45, 2.75) is 39.3 Å². The lowest BCUT2D eigenvalue weighted by atomic mass is 10.0. The third-order valence-electron chi connectivity index (χ3n) is 3.43. The van der Waals surface area contributed by atoms with Crippen LogP contribution in [0.4, 0.5) is 13.6 Å². The molecule has 0 aromatic heterocycles. The second kappa shape index (κ2) is 6.20. The fraction of sp³-hybridized carbons (Fsp3) is 0.562. The lowest BCUT2D eigenvalue weighted by Gasteiger charge is -2.37. The third-order valence-corrected chi connectivity index (χ3v) is 3.43. The smallest absolute Gasteiger partial charge is 0.410 e. The highest BCUT2D eigenvalue weighted by molar-refractivity contribution is 5.69. The van der Waals surface area contributed by atoms with Crippen LogP contribution in [0.1, 0.15) is 37.9 Å². The maximum atomic E-state index is 14.2. The number of carbonyl (C=O) groups is 1. The number of piperazine rings is 1. The first-order valence-corrected chi connectivity index (χ1v) is 7.35. The Morgan fingerprint density at radius 3 is 2.45 bits per heavy atom. The average Bonchev–Trinajstić information content (AvgIpc) is 2.36. The van der Waals surface area contributed by atoms with Crippen molar-refractivity contribution >= 4 is 6.09 Å². The molecule has 0 spiro atoms. The maximum absolute atomic E-state index is 14.2. The number of nitrogens with zero attached hydrogens (tertiary/aromatic N) is 1. The van der Waals surface area contributed by atoms with E-state index in [0.29, 0.717) is 18.7 Å². The number of hydrogen-bond donors (Lipinski definition) is 1. The monoisotopic (exact) mass is 312 g/mol. The van der Waals surface area contributed by atoms with E-state index in [1.807, 2.05) is 0 Å². The number of amides is 1. The Labute approximate surface area is 129 Å². The molecule has 0 aliphatic carbocycles. The van der Waals surface area contributed by atoms with Crippen molar-refractivity contribution in [3.8, 4) is 0 Å². The summed E-state index contributed by atoms with van der Waals surface area (Å²) in [7, 11) is 0. The van der Waals surface area contributed by atoms with E-state index in [1.165, 1.54) is 17.0 Å². The van der Waals surface area contributed by atoms with Crippen molar-refractivity contribution in [2.75, 3.05) is 19.6 Å². The fourth-order valence-corrected chi connectivity index (χ4v) is 2.53. The molecule has 1 amide bonds. The molecule has 1 unspecified atom stereocenters. The van der Waals surface area contributed by atoms with Gasteiger partial charge in [0.15, 0.2) is 0 Å². The van der Waals surface area contributed by atoms with Gasteiger partial charge in [0.2, 0.25) is 0 Å². The van der Waals surface area contributed by atoms with Crippen LogP contribution in [-0.4, -0.2) is 36.2 Å². The van der Waals surface area contributed by atoms with E-state index in [-0.39, 0.29) is 12.1 Å². The third kappa shape index (κ3) is 3.74. The number of ether oxygens (including phenoxy) is 1. The quantitative estimate of drug-likeness (QED) is 0.866. The van der Waals surface area contributed by atoms with Crippen molar-refractivity contribution in [1.82, 2.24) is 10.2 Å². The van der Waals surface area contributed by atoms with E-state index in [2.05, 4.69) is 5.32 Å². The van der Waals surface area contributed by atoms with E-state index in [9.17, 15) is 13.6 Å². The Morgan fingerprint density at radius 2 is 1.91 bits per heavy atom. The highest BCUT2D eigenvalue weighted by Gasteiger charge is 2.34. The lowest BCUT2D eigenvalue weighted by Crippen LogP contribution is -2.50. The molecule has 22 heavy (non-hydrogen) atoms. The molecule has 122 valence electrons. The molecule has 6 heteroatoms. The van der Waals surface area contributed by atoms with Crippen LogP contribution < -0.4 is 5.32 Å². The Kier molecular flexibility index (Phi) is 4.70. The summed E-state index contributed by atoms with van der Waals surface area (Å²) >= 11 is 0. The van der Waals surface area contributed by atoms with Gasteiger partial charge in [-0.1, -0.05) is 0 Å². The topological polar surface area (TPSA) is 41.6 Å². The van der Waals surface area contributed by atoms with Gasteiger partial charge in [-0.15, -0.1) is 0 Å². The van der Waals surface area contributed by atoms with Crippen LogP contribution >= 0.6 is 0 Å². The molecule has 0 radical (unpaired) electrons. The molecular weight excluding hydrogens is 290 g/mol. The molecule has 4 nitrogen and oxygen atoms in total. The number of halogens is 2. The van der Waals surface area contributed by atoms with Crippen LogP contribution in [0.5, 0.6) is 0 Å². The first-order valence-electron chi connectivity index (χ1n) is 7.35. The van der Waals surface area contributed by atoms with Gasteiger partial charge in [0.25, 0.3) is 0 Å². The van der Waals surface area contributed by atoms with Crippen LogP contribution in [0.25, 0.3) is 0 Å². The van der Waals surface area contributed by atoms with Crippen molar-refractivity contribution < 1.29 is 18.3 Å². The maximum Gasteiger partial charge on any atom is 0.410 e. The van der Waals surface area contributed by atoms with Crippen molar-refractivity contribution in [2.24, 2.45) is 0 Å². The van der Waals surface area contributed by atoms with Crippen molar-refractivity contribution in [3.05, 3.63) is 34.9 Å². The summed E-state index contributed by atoms with van der Waals surface area (Å²) in [6.45, 7) is 8.09. The predicted molar refractivity (Wildman–Crippen MR) is 79.6 cm³/mol. The number of hydrogen-bond acceptors (Lipinski definition) is 3. The van der Waals surface area contributed by atoms with Gasteiger partial charge in [0, 0.05) is 25.2 Å². The molecule has 1 aliphatic heterocycles. The Hall–Kier alpha value is -1.69. The van der Waals surface area contributed by atoms with E-state index in [1.54, 1.807) is 27.7 Å². The summed E-state index contributed by atoms with van der Waals surface area (Å²) in [5.41, 5.74) is -0.244. The molecule has 1 atom stereocenters. The molecule has 1 saturated heterocycles. The number of aryl methyl sites for hydroxylation is 1. The summed E-state index contributed by atoms with van der Waals surface area (Å²) in [6, 6.07) is 1.84. The molecule has 1 fully saturated rings. The second-order valence-corrected chi connectivity index (χ2v) is 6.54. The van der Waals surface area contributed by atoms with Crippen LogP contribution in [0.15, 0.2) is 12.1 Å². The second-order valence-electron chi connectivity index (χ2n) is 6.54.